The molecule has 0 spiro atoms. The number of likely N-dealkylation sites (N-methyl/N-ethyl adjacent to an activating group) is 1. The van der Waals surface area contributed by atoms with Crippen LogP contribution in [-0.2, 0) is 22.7 Å². The van der Waals surface area contributed by atoms with Crippen LogP contribution in [0.3, 0.4) is 0 Å². The Kier molecular flexibility index (Phi) is 4.54. The van der Waals surface area contributed by atoms with Gasteiger partial charge in [-0.1, -0.05) is 0 Å². The predicted molar refractivity (Wildman–Crippen MR) is 74.2 cm³/mol. The van der Waals surface area contributed by atoms with Gasteiger partial charge in [-0.25, -0.2) is 0 Å². The summed E-state index contributed by atoms with van der Waals surface area (Å²) in [6.07, 6.45) is 2.25. The first-order chi connectivity index (χ1) is 9.95. The van der Waals surface area contributed by atoms with E-state index in [0.29, 0.717) is 29.7 Å². The smallest absolute Gasteiger partial charge is 0.246 e. The van der Waals surface area contributed by atoms with Gasteiger partial charge < -0.3 is 15.5 Å². The van der Waals surface area contributed by atoms with Crippen LogP contribution in [0.5, 0.6) is 5.75 Å². The molecule has 0 radical (unpaired) electrons. The summed E-state index contributed by atoms with van der Waals surface area (Å²) in [7, 11) is 1.46. The lowest BCUT2D eigenvalue weighted by molar-refractivity contribution is -0.148. The summed E-state index contributed by atoms with van der Waals surface area (Å²) in [6, 6.07) is -0.466. The Morgan fingerprint density at radius 3 is 2.86 bits per heavy atom. The molecule has 2 rings (SSSR count). The number of rotatable bonds is 4. The molecule has 1 aromatic heterocycles. The third kappa shape index (κ3) is 3.03. The van der Waals surface area contributed by atoms with Gasteiger partial charge in [-0.2, -0.15) is 0 Å². The highest BCUT2D eigenvalue weighted by Crippen LogP contribution is 2.24. The second-order valence-corrected chi connectivity index (χ2v) is 5.12. The highest BCUT2D eigenvalue weighted by Gasteiger charge is 2.31. The van der Waals surface area contributed by atoms with E-state index < -0.39 is 6.04 Å². The van der Waals surface area contributed by atoms with Crippen LogP contribution in [0.1, 0.15) is 29.7 Å². The molecule has 7 heteroatoms. The SMILES string of the molecule is Cc1ncc(CO)c(CNC2CCC(=O)N(C)C2=O)c1O. The number of aromatic nitrogens is 1. The highest BCUT2D eigenvalue weighted by molar-refractivity contribution is 6.00. The largest absolute Gasteiger partial charge is 0.506 e. The van der Waals surface area contributed by atoms with Crippen LogP contribution < -0.4 is 5.32 Å². The Balaban J connectivity index is 2.12. The molecule has 1 atom stereocenters. The number of aliphatic hydroxyl groups is 1. The van der Waals surface area contributed by atoms with Crippen molar-refractivity contribution in [2.24, 2.45) is 0 Å². The molecule has 1 aliphatic rings. The Morgan fingerprint density at radius 1 is 1.48 bits per heavy atom. The van der Waals surface area contributed by atoms with Crippen molar-refractivity contribution in [3.05, 3.63) is 23.0 Å². The van der Waals surface area contributed by atoms with Gasteiger partial charge in [0.25, 0.3) is 0 Å². The van der Waals surface area contributed by atoms with E-state index in [-0.39, 0.29) is 30.7 Å². The molecule has 21 heavy (non-hydrogen) atoms. The van der Waals surface area contributed by atoms with Crippen molar-refractivity contribution in [2.75, 3.05) is 7.05 Å². The zero-order valence-electron chi connectivity index (χ0n) is 12.1. The van der Waals surface area contributed by atoms with Crippen LogP contribution in [-0.4, -0.2) is 45.0 Å². The molecule has 1 aliphatic heterocycles. The van der Waals surface area contributed by atoms with Crippen molar-refractivity contribution >= 4 is 11.8 Å². The Morgan fingerprint density at radius 2 is 2.19 bits per heavy atom. The molecule has 114 valence electrons. The fraction of sp³-hybridized carbons (Fsp3) is 0.500. The lowest BCUT2D eigenvalue weighted by atomic mass is 10.0. The van der Waals surface area contributed by atoms with Crippen LogP contribution in [0, 0.1) is 6.92 Å². The van der Waals surface area contributed by atoms with Crippen molar-refractivity contribution in [1.29, 1.82) is 0 Å². The number of amides is 2. The van der Waals surface area contributed by atoms with Gasteiger partial charge in [-0.3, -0.25) is 19.5 Å². The first kappa shape index (κ1) is 15.4. The number of carbonyl (C=O) groups excluding carboxylic acids is 2. The standard InChI is InChI=1S/C14H19N3O4/c1-8-13(20)10(9(7-18)5-15-8)6-16-11-3-4-12(19)17(2)14(11)21/h5,11,16,18,20H,3-4,6-7H2,1-2H3. The average molecular weight is 293 g/mol. The molecule has 1 unspecified atom stereocenters. The monoisotopic (exact) mass is 293 g/mol. The van der Waals surface area contributed by atoms with Crippen molar-refractivity contribution in [2.45, 2.75) is 39.0 Å². The molecule has 3 N–H and O–H groups in total. The summed E-state index contributed by atoms with van der Waals surface area (Å²) in [5, 5.41) is 22.4. The van der Waals surface area contributed by atoms with Crippen LogP contribution in [0.15, 0.2) is 6.20 Å². The zero-order valence-corrected chi connectivity index (χ0v) is 12.1. The fourth-order valence-corrected chi connectivity index (χ4v) is 2.35. The minimum atomic E-state index is -0.466. The van der Waals surface area contributed by atoms with Gasteiger partial charge in [0.1, 0.15) is 5.75 Å². The molecule has 7 nitrogen and oxygen atoms in total. The normalized spacial score (nSPS) is 19.2. The van der Waals surface area contributed by atoms with E-state index in [0.717, 1.165) is 4.90 Å². The van der Waals surface area contributed by atoms with Gasteiger partial charge in [0.05, 0.1) is 18.3 Å². The predicted octanol–water partition coefficient (Wildman–Crippen LogP) is -0.175. The number of pyridine rings is 1. The number of hydrogen-bond acceptors (Lipinski definition) is 6. The highest BCUT2D eigenvalue weighted by atomic mass is 16.3. The van der Waals surface area contributed by atoms with Crippen molar-refractivity contribution in [1.82, 2.24) is 15.2 Å². The second-order valence-electron chi connectivity index (χ2n) is 5.12. The van der Waals surface area contributed by atoms with E-state index in [1.165, 1.54) is 13.2 Å². The van der Waals surface area contributed by atoms with E-state index in [4.69, 9.17) is 0 Å². The lowest BCUT2D eigenvalue weighted by Crippen LogP contribution is -2.51. The minimum absolute atomic E-state index is 0.0155. The fourth-order valence-electron chi connectivity index (χ4n) is 2.35. The molecule has 1 saturated heterocycles. The van der Waals surface area contributed by atoms with Crippen molar-refractivity contribution < 1.29 is 19.8 Å². The van der Waals surface area contributed by atoms with Gasteiger partial charge >= 0.3 is 0 Å². The average Bonchev–Trinajstić information content (AvgIpc) is 2.48. The topological polar surface area (TPSA) is 103 Å². The first-order valence-corrected chi connectivity index (χ1v) is 6.76. The number of nitrogens with zero attached hydrogens (tertiary/aromatic N) is 2. The van der Waals surface area contributed by atoms with Gasteiger partial charge in [-0.05, 0) is 13.3 Å². The first-order valence-electron chi connectivity index (χ1n) is 6.76. The van der Waals surface area contributed by atoms with E-state index >= 15 is 0 Å². The third-order valence-electron chi connectivity index (χ3n) is 3.78. The number of aromatic hydroxyl groups is 1. The van der Waals surface area contributed by atoms with E-state index in [1.54, 1.807) is 6.92 Å². The Labute approximate surface area is 122 Å². The molecular weight excluding hydrogens is 274 g/mol. The molecule has 1 aromatic rings. The van der Waals surface area contributed by atoms with E-state index in [1.807, 2.05) is 0 Å². The molecule has 1 fully saturated rings. The van der Waals surface area contributed by atoms with Gasteiger partial charge in [0, 0.05) is 37.3 Å². The molecular formula is C14H19N3O4. The Hall–Kier alpha value is -1.99. The number of hydrogen-bond donors (Lipinski definition) is 3. The third-order valence-corrected chi connectivity index (χ3v) is 3.78. The van der Waals surface area contributed by atoms with Gasteiger partial charge in [0.15, 0.2) is 0 Å². The molecule has 0 bridgehead atoms. The number of piperidine rings is 1. The maximum atomic E-state index is 12.0. The number of aliphatic hydroxyl groups excluding tert-OH is 1. The van der Waals surface area contributed by atoms with Gasteiger partial charge in [0.2, 0.25) is 11.8 Å². The summed E-state index contributed by atoms with van der Waals surface area (Å²) >= 11 is 0. The summed E-state index contributed by atoms with van der Waals surface area (Å²) < 4.78 is 0. The number of carbonyl (C=O) groups is 2. The molecule has 0 aliphatic carbocycles. The van der Waals surface area contributed by atoms with Crippen LogP contribution >= 0.6 is 0 Å². The zero-order chi connectivity index (χ0) is 15.6. The van der Waals surface area contributed by atoms with Crippen LogP contribution in [0.25, 0.3) is 0 Å². The van der Waals surface area contributed by atoms with E-state index in [9.17, 15) is 19.8 Å². The van der Waals surface area contributed by atoms with Crippen molar-refractivity contribution in [3.8, 4) is 5.75 Å². The number of aryl methyl sites for hydroxylation is 1. The van der Waals surface area contributed by atoms with Crippen LogP contribution in [0.4, 0.5) is 0 Å². The van der Waals surface area contributed by atoms with Gasteiger partial charge in [-0.15, -0.1) is 0 Å². The summed E-state index contributed by atoms with van der Waals surface area (Å²) in [6.45, 7) is 1.65. The number of imide groups is 1. The quantitative estimate of drug-likeness (QED) is 0.666. The van der Waals surface area contributed by atoms with Crippen LogP contribution in [0.2, 0.25) is 0 Å². The number of likely N-dealkylation sites (tertiary alicyclic amines) is 1. The van der Waals surface area contributed by atoms with E-state index in [2.05, 4.69) is 10.3 Å². The second kappa shape index (κ2) is 6.19. The summed E-state index contributed by atoms with van der Waals surface area (Å²) in [4.78, 5) is 28.5. The summed E-state index contributed by atoms with van der Waals surface area (Å²) in [5.41, 5.74) is 1.50. The summed E-state index contributed by atoms with van der Waals surface area (Å²) in [5.74, 6) is -0.444. The molecule has 0 aromatic carbocycles. The molecule has 0 saturated carbocycles. The maximum Gasteiger partial charge on any atom is 0.246 e. The molecule has 2 amide bonds. The minimum Gasteiger partial charge on any atom is -0.506 e. The lowest BCUT2D eigenvalue weighted by Gasteiger charge is -2.28. The number of nitrogens with one attached hydrogen (secondary N) is 1. The maximum absolute atomic E-state index is 12.0. The Bertz CT molecular complexity index is 574. The van der Waals surface area contributed by atoms with Crippen molar-refractivity contribution in [3.63, 3.8) is 0 Å². The molecule has 2 heterocycles.